The standard InChI is InChI=1S/C14H17ClO5/c15-11-2-1-3-12(10-11)19-8-9-20-14(13(16)17)4-6-18-7-5-14/h1-3,10H,4-9H2,(H,16,17). The van der Waals surface area contributed by atoms with Crippen LogP contribution in [-0.2, 0) is 14.3 Å². The predicted molar refractivity (Wildman–Crippen MR) is 73.3 cm³/mol. The molecule has 0 atom stereocenters. The lowest BCUT2D eigenvalue weighted by molar-refractivity contribution is -0.179. The number of carbonyl (C=O) groups is 1. The first kappa shape index (κ1) is 15.1. The Kier molecular flexibility index (Phi) is 5.23. The van der Waals surface area contributed by atoms with E-state index in [4.69, 9.17) is 25.8 Å². The van der Waals surface area contributed by atoms with Crippen molar-refractivity contribution >= 4 is 17.6 Å². The molecule has 0 amide bonds. The molecule has 0 aliphatic carbocycles. The first-order valence-electron chi connectivity index (χ1n) is 6.46. The van der Waals surface area contributed by atoms with Crippen LogP contribution in [0.4, 0.5) is 0 Å². The van der Waals surface area contributed by atoms with E-state index in [1.54, 1.807) is 24.3 Å². The molecule has 5 nitrogen and oxygen atoms in total. The molecule has 1 saturated heterocycles. The van der Waals surface area contributed by atoms with Crippen molar-refractivity contribution in [2.75, 3.05) is 26.4 Å². The van der Waals surface area contributed by atoms with Crippen LogP contribution in [0.2, 0.25) is 5.02 Å². The summed E-state index contributed by atoms with van der Waals surface area (Å²) in [7, 11) is 0. The van der Waals surface area contributed by atoms with Crippen LogP contribution in [-0.4, -0.2) is 43.1 Å². The average molecular weight is 301 g/mol. The topological polar surface area (TPSA) is 65.0 Å². The number of rotatable bonds is 6. The van der Waals surface area contributed by atoms with Gasteiger partial charge in [-0.2, -0.15) is 0 Å². The number of carboxylic acid groups (broad SMARTS) is 1. The molecule has 1 aliphatic heterocycles. The molecule has 1 heterocycles. The maximum Gasteiger partial charge on any atom is 0.336 e. The van der Waals surface area contributed by atoms with Gasteiger partial charge in [-0.25, -0.2) is 4.79 Å². The molecule has 0 unspecified atom stereocenters. The number of hydrogen-bond donors (Lipinski definition) is 1. The molecule has 110 valence electrons. The monoisotopic (exact) mass is 300 g/mol. The summed E-state index contributed by atoms with van der Waals surface area (Å²) < 4.78 is 16.2. The van der Waals surface area contributed by atoms with Crippen LogP contribution in [0.1, 0.15) is 12.8 Å². The lowest BCUT2D eigenvalue weighted by atomic mass is 9.94. The molecule has 1 N–H and O–H groups in total. The van der Waals surface area contributed by atoms with E-state index >= 15 is 0 Å². The summed E-state index contributed by atoms with van der Waals surface area (Å²) in [6.45, 7) is 1.29. The molecule has 1 aromatic rings. The van der Waals surface area contributed by atoms with Crippen LogP contribution < -0.4 is 4.74 Å². The van der Waals surface area contributed by atoms with Gasteiger partial charge in [-0.05, 0) is 18.2 Å². The SMILES string of the molecule is O=C(O)C1(OCCOc2cccc(Cl)c2)CCOCC1. The van der Waals surface area contributed by atoms with E-state index < -0.39 is 11.6 Å². The Bertz CT molecular complexity index is 457. The zero-order valence-electron chi connectivity index (χ0n) is 11.0. The van der Waals surface area contributed by atoms with Crippen LogP contribution >= 0.6 is 11.6 Å². The van der Waals surface area contributed by atoms with E-state index in [0.717, 1.165) is 0 Å². The first-order chi connectivity index (χ1) is 9.62. The van der Waals surface area contributed by atoms with Crippen LogP contribution in [0.15, 0.2) is 24.3 Å². The van der Waals surface area contributed by atoms with Crippen molar-refractivity contribution in [1.29, 1.82) is 0 Å². The van der Waals surface area contributed by atoms with E-state index in [9.17, 15) is 9.90 Å². The fourth-order valence-corrected chi connectivity index (χ4v) is 2.25. The molecule has 0 bridgehead atoms. The number of hydrogen-bond acceptors (Lipinski definition) is 4. The Morgan fingerprint density at radius 3 is 2.75 bits per heavy atom. The van der Waals surface area contributed by atoms with Crippen LogP contribution in [0.3, 0.4) is 0 Å². The lowest BCUT2D eigenvalue weighted by Crippen LogP contribution is -2.47. The number of carboxylic acids is 1. The molecule has 2 rings (SSSR count). The maximum absolute atomic E-state index is 11.3. The van der Waals surface area contributed by atoms with E-state index in [1.807, 2.05) is 0 Å². The minimum atomic E-state index is -1.14. The fourth-order valence-electron chi connectivity index (χ4n) is 2.07. The van der Waals surface area contributed by atoms with Crippen molar-refractivity contribution in [1.82, 2.24) is 0 Å². The third-order valence-electron chi connectivity index (χ3n) is 3.22. The first-order valence-corrected chi connectivity index (χ1v) is 6.84. The van der Waals surface area contributed by atoms with Crippen molar-refractivity contribution < 1.29 is 24.1 Å². The molecule has 6 heteroatoms. The highest BCUT2D eigenvalue weighted by atomic mass is 35.5. The van der Waals surface area contributed by atoms with Crippen molar-refractivity contribution in [3.05, 3.63) is 29.3 Å². The van der Waals surface area contributed by atoms with E-state index in [1.165, 1.54) is 0 Å². The van der Waals surface area contributed by atoms with Gasteiger partial charge < -0.3 is 19.3 Å². The molecule has 1 aliphatic rings. The number of aliphatic carboxylic acids is 1. The molecule has 0 aromatic heterocycles. The normalized spacial score (nSPS) is 17.6. The van der Waals surface area contributed by atoms with Crippen LogP contribution in [0.25, 0.3) is 0 Å². The van der Waals surface area contributed by atoms with Crippen LogP contribution in [0.5, 0.6) is 5.75 Å². The van der Waals surface area contributed by atoms with Gasteiger partial charge >= 0.3 is 5.97 Å². The summed E-state index contributed by atoms with van der Waals surface area (Å²) in [5.74, 6) is -0.305. The van der Waals surface area contributed by atoms with Gasteiger partial charge in [0.05, 0.1) is 6.61 Å². The molecule has 0 radical (unpaired) electrons. The summed E-state index contributed by atoms with van der Waals surface area (Å²) in [6.07, 6.45) is 0.721. The van der Waals surface area contributed by atoms with Gasteiger partial charge in [-0.3, -0.25) is 0 Å². The van der Waals surface area contributed by atoms with Crippen molar-refractivity contribution in [2.45, 2.75) is 18.4 Å². The predicted octanol–water partition coefficient (Wildman–Crippen LogP) is 2.37. The van der Waals surface area contributed by atoms with Crippen molar-refractivity contribution in [3.63, 3.8) is 0 Å². The van der Waals surface area contributed by atoms with Crippen molar-refractivity contribution in [2.24, 2.45) is 0 Å². The minimum Gasteiger partial charge on any atom is -0.491 e. The molecule has 20 heavy (non-hydrogen) atoms. The number of benzene rings is 1. The molecular formula is C14H17ClO5. The van der Waals surface area contributed by atoms with E-state index in [2.05, 4.69) is 0 Å². The van der Waals surface area contributed by atoms with Gasteiger partial charge in [0.2, 0.25) is 0 Å². The Morgan fingerprint density at radius 1 is 1.35 bits per heavy atom. The zero-order valence-corrected chi connectivity index (χ0v) is 11.8. The molecule has 0 saturated carbocycles. The van der Waals surface area contributed by atoms with Crippen LogP contribution in [0, 0.1) is 0 Å². The Hall–Kier alpha value is -1.30. The maximum atomic E-state index is 11.3. The van der Waals surface area contributed by atoms with E-state index in [0.29, 0.717) is 36.8 Å². The van der Waals surface area contributed by atoms with Gasteiger partial charge in [0.1, 0.15) is 12.4 Å². The van der Waals surface area contributed by atoms with Gasteiger partial charge in [0.25, 0.3) is 0 Å². The van der Waals surface area contributed by atoms with Gasteiger partial charge in [0.15, 0.2) is 5.60 Å². The highest BCUT2D eigenvalue weighted by Crippen LogP contribution is 2.25. The third kappa shape index (κ3) is 3.85. The smallest absolute Gasteiger partial charge is 0.336 e. The molecular weight excluding hydrogens is 284 g/mol. The summed E-state index contributed by atoms with van der Waals surface area (Å²) in [6, 6.07) is 7.03. The number of ether oxygens (including phenoxy) is 3. The summed E-state index contributed by atoms with van der Waals surface area (Å²) in [5, 5.41) is 9.90. The molecule has 1 aromatic carbocycles. The Labute approximate surface area is 122 Å². The highest BCUT2D eigenvalue weighted by molar-refractivity contribution is 6.30. The Balaban J connectivity index is 1.80. The quantitative estimate of drug-likeness (QED) is 0.817. The second kappa shape index (κ2) is 6.92. The largest absolute Gasteiger partial charge is 0.491 e. The van der Waals surface area contributed by atoms with Crippen molar-refractivity contribution in [3.8, 4) is 5.75 Å². The van der Waals surface area contributed by atoms with E-state index in [-0.39, 0.29) is 13.2 Å². The summed E-state index contributed by atoms with van der Waals surface area (Å²) >= 11 is 5.84. The summed E-state index contributed by atoms with van der Waals surface area (Å²) in [4.78, 5) is 11.3. The third-order valence-corrected chi connectivity index (χ3v) is 3.45. The second-order valence-corrected chi connectivity index (χ2v) is 5.00. The van der Waals surface area contributed by atoms with Gasteiger partial charge in [-0.15, -0.1) is 0 Å². The summed E-state index contributed by atoms with van der Waals surface area (Å²) in [5.41, 5.74) is -1.14. The molecule has 0 spiro atoms. The van der Waals surface area contributed by atoms with Gasteiger partial charge in [0, 0.05) is 31.1 Å². The lowest BCUT2D eigenvalue weighted by Gasteiger charge is -2.32. The van der Waals surface area contributed by atoms with Gasteiger partial charge in [-0.1, -0.05) is 17.7 Å². The highest BCUT2D eigenvalue weighted by Gasteiger charge is 2.41. The fraction of sp³-hybridized carbons (Fsp3) is 0.500. The molecule has 1 fully saturated rings. The number of halogens is 1. The minimum absolute atomic E-state index is 0.207. The zero-order chi connectivity index (χ0) is 14.4. The average Bonchev–Trinajstić information content (AvgIpc) is 2.45. The Morgan fingerprint density at radius 2 is 2.10 bits per heavy atom. The second-order valence-electron chi connectivity index (χ2n) is 4.57.